The van der Waals surface area contributed by atoms with Gasteiger partial charge < -0.3 is 4.40 Å². The van der Waals surface area contributed by atoms with Gasteiger partial charge in [0.15, 0.2) is 0 Å². The summed E-state index contributed by atoms with van der Waals surface area (Å²) in [6.45, 7) is 1.83. The second-order valence-electron chi connectivity index (χ2n) is 4.47. The van der Waals surface area contributed by atoms with Crippen LogP contribution in [0.15, 0.2) is 18.3 Å². The summed E-state index contributed by atoms with van der Waals surface area (Å²) in [7, 11) is 0. The van der Waals surface area contributed by atoms with E-state index >= 15 is 0 Å². The normalized spacial score (nSPS) is 16.7. The molecule has 0 spiro atoms. The van der Waals surface area contributed by atoms with Crippen molar-refractivity contribution in [1.29, 1.82) is 0 Å². The van der Waals surface area contributed by atoms with Crippen molar-refractivity contribution in [2.24, 2.45) is 0 Å². The highest BCUT2D eigenvalue weighted by Crippen LogP contribution is 2.42. The van der Waals surface area contributed by atoms with Gasteiger partial charge in [-0.15, -0.1) is 0 Å². The van der Waals surface area contributed by atoms with E-state index in [-0.39, 0.29) is 5.65 Å². The lowest BCUT2D eigenvalue weighted by molar-refractivity contribution is -0.136. The number of pyridine rings is 1. The van der Waals surface area contributed by atoms with Gasteiger partial charge >= 0.3 is 6.18 Å². The fourth-order valence-electron chi connectivity index (χ4n) is 2.17. The van der Waals surface area contributed by atoms with Crippen molar-refractivity contribution >= 4 is 5.65 Å². The van der Waals surface area contributed by atoms with E-state index in [1.54, 1.807) is 6.20 Å². The zero-order valence-corrected chi connectivity index (χ0v) is 9.25. The Morgan fingerprint density at radius 3 is 2.65 bits per heavy atom. The number of nitrogens with zero attached hydrogens (tertiary/aromatic N) is 2. The number of hydrogen-bond acceptors (Lipinski definition) is 1. The van der Waals surface area contributed by atoms with Crippen LogP contribution in [0.25, 0.3) is 5.65 Å². The quantitative estimate of drug-likeness (QED) is 0.745. The predicted molar refractivity (Wildman–Crippen MR) is 56.9 cm³/mol. The van der Waals surface area contributed by atoms with Gasteiger partial charge in [0.25, 0.3) is 0 Å². The molecule has 1 aliphatic rings. The Morgan fingerprint density at radius 1 is 1.35 bits per heavy atom. The summed E-state index contributed by atoms with van der Waals surface area (Å²) in [5.74, 6) is 0.357. The molecular weight excluding hydrogens is 229 g/mol. The topological polar surface area (TPSA) is 17.3 Å². The Labute approximate surface area is 96.1 Å². The number of halogens is 3. The molecule has 90 valence electrons. The van der Waals surface area contributed by atoms with Gasteiger partial charge in [-0.2, -0.15) is 13.2 Å². The first-order valence-corrected chi connectivity index (χ1v) is 5.53. The van der Waals surface area contributed by atoms with E-state index < -0.39 is 11.7 Å². The smallest absolute Gasteiger partial charge is 0.304 e. The molecule has 2 heterocycles. The third kappa shape index (κ3) is 1.61. The maximum Gasteiger partial charge on any atom is 0.419 e. The summed E-state index contributed by atoms with van der Waals surface area (Å²) in [4.78, 5) is 4.18. The molecule has 0 amide bonds. The van der Waals surface area contributed by atoms with Gasteiger partial charge in [0.2, 0.25) is 0 Å². The van der Waals surface area contributed by atoms with Crippen LogP contribution in [0, 0.1) is 6.92 Å². The fraction of sp³-hybridized carbons (Fsp3) is 0.417. The van der Waals surface area contributed by atoms with E-state index in [1.165, 1.54) is 10.5 Å². The highest BCUT2D eigenvalue weighted by Gasteiger charge is 2.36. The standard InChI is InChI=1S/C12H11F3N2/c1-7-10(8-4-5-8)16-11-9(12(13,14)15)3-2-6-17(7)11/h2-3,6,8H,4-5H2,1H3. The van der Waals surface area contributed by atoms with E-state index in [2.05, 4.69) is 4.98 Å². The summed E-state index contributed by atoms with van der Waals surface area (Å²) in [6, 6.07) is 2.50. The molecule has 0 bridgehead atoms. The maximum absolute atomic E-state index is 12.8. The number of fused-ring (bicyclic) bond motifs is 1. The van der Waals surface area contributed by atoms with Crippen LogP contribution < -0.4 is 0 Å². The first-order valence-electron chi connectivity index (χ1n) is 5.53. The third-order valence-electron chi connectivity index (χ3n) is 3.19. The SMILES string of the molecule is Cc1c(C2CC2)nc2c(C(F)(F)F)cccn12. The van der Waals surface area contributed by atoms with E-state index in [0.29, 0.717) is 5.92 Å². The highest BCUT2D eigenvalue weighted by molar-refractivity contribution is 5.53. The van der Waals surface area contributed by atoms with E-state index in [1.807, 2.05) is 6.92 Å². The third-order valence-corrected chi connectivity index (χ3v) is 3.19. The minimum Gasteiger partial charge on any atom is -0.304 e. The highest BCUT2D eigenvalue weighted by atomic mass is 19.4. The van der Waals surface area contributed by atoms with Crippen molar-refractivity contribution in [3.05, 3.63) is 35.3 Å². The van der Waals surface area contributed by atoms with Gasteiger partial charge in [0.05, 0.1) is 11.3 Å². The van der Waals surface area contributed by atoms with Crippen LogP contribution in [0.2, 0.25) is 0 Å². The molecule has 5 heteroatoms. The molecule has 1 aliphatic carbocycles. The molecule has 0 radical (unpaired) electrons. The fourth-order valence-corrected chi connectivity index (χ4v) is 2.17. The largest absolute Gasteiger partial charge is 0.419 e. The lowest BCUT2D eigenvalue weighted by Crippen LogP contribution is -2.07. The molecule has 1 saturated carbocycles. The zero-order chi connectivity index (χ0) is 12.2. The Hall–Kier alpha value is -1.52. The van der Waals surface area contributed by atoms with Crippen molar-refractivity contribution in [2.75, 3.05) is 0 Å². The summed E-state index contributed by atoms with van der Waals surface area (Å²) < 4.78 is 40.0. The Kier molecular flexibility index (Phi) is 2.03. The molecule has 2 aromatic rings. The molecule has 2 nitrogen and oxygen atoms in total. The molecule has 0 aromatic carbocycles. The summed E-state index contributed by atoms with van der Waals surface area (Å²) in [5.41, 5.74) is 1.02. The van der Waals surface area contributed by atoms with Crippen molar-refractivity contribution in [3.63, 3.8) is 0 Å². The molecule has 1 fully saturated rings. The summed E-state index contributed by atoms with van der Waals surface area (Å²) >= 11 is 0. The zero-order valence-electron chi connectivity index (χ0n) is 9.25. The van der Waals surface area contributed by atoms with E-state index in [4.69, 9.17) is 0 Å². The van der Waals surface area contributed by atoms with Crippen molar-refractivity contribution < 1.29 is 13.2 Å². The number of aromatic nitrogens is 2. The first-order chi connectivity index (χ1) is 7.98. The van der Waals surface area contributed by atoms with Gasteiger partial charge in [-0.3, -0.25) is 0 Å². The molecule has 0 aliphatic heterocycles. The number of imidazole rings is 1. The van der Waals surface area contributed by atoms with Gasteiger partial charge in [-0.25, -0.2) is 4.98 Å². The van der Waals surface area contributed by atoms with Crippen molar-refractivity contribution in [3.8, 4) is 0 Å². The lowest BCUT2D eigenvalue weighted by Gasteiger charge is -2.07. The van der Waals surface area contributed by atoms with Crippen LogP contribution in [0.4, 0.5) is 13.2 Å². The van der Waals surface area contributed by atoms with Crippen LogP contribution in [0.1, 0.15) is 35.7 Å². The minimum absolute atomic E-state index is 0.0272. The number of aryl methyl sites for hydroxylation is 1. The van der Waals surface area contributed by atoms with Gasteiger partial charge in [0, 0.05) is 17.8 Å². The predicted octanol–water partition coefficient (Wildman–Crippen LogP) is 3.54. The van der Waals surface area contributed by atoms with Crippen molar-refractivity contribution in [2.45, 2.75) is 31.9 Å². The number of rotatable bonds is 1. The van der Waals surface area contributed by atoms with Crippen LogP contribution in [-0.2, 0) is 6.18 Å². The van der Waals surface area contributed by atoms with Crippen LogP contribution in [0.5, 0.6) is 0 Å². The van der Waals surface area contributed by atoms with Crippen LogP contribution in [0.3, 0.4) is 0 Å². The summed E-state index contributed by atoms with van der Waals surface area (Å²) in [5, 5.41) is 0. The van der Waals surface area contributed by atoms with Crippen LogP contribution >= 0.6 is 0 Å². The maximum atomic E-state index is 12.8. The molecule has 2 aromatic heterocycles. The Balaban J connectivity index is 2.28. The molecule has 0 atom stereocenters. The number of hydrogen-bond donors (Lipinski definition) is 0. The molecule has 0 N–H and O–H groups in total. The second kappa shape index (κ2) is 3.24. The van der Waals surface area contributed by atoms with Gasteiger partial charge in [0.1, 0.15) is 5.65 Å². The Bertz CT molecular complexity index is 579. The average molecular weight is 240 g/mol. The second-order valence-corrected chi connectivity index (χ2v) is 4.47. The van der Waals surface area contributed by atoms with Gasteiger partial charge in [-0.05, 0) is 31.9 Å². The molecule has 0 unspecified atom stereocenters. The minimum atomic E-state index is -4.35. The molecular formula is C12H11F3N2. The Morgan fingerprint density at radius 2 is 2.06 bits per heavy atom. The number of alkyl halides is 3. The van der Waals surface area contributed by atoms with Crippen LogP contribution in [-0.4, -0.2) is 9.38 Å². The van der Waals surface area contributed by atoms with E-state index in [0.717, 1.165) is 30.3 Å². The first kappa shape index (κ1) is 10.6. The van der Waals surface area contributed by atoms with Crippen molar-refractivity contribution in [1.82, 2.24) is 9.38 Å². The van der Waals surface area contributed by atoms with E-state index in [9.17, 15) is 13.2 Å². The summed E-state index contributed by atoms with van der Waals surface area (Å²) in [6.07, 6.45) is -0.641. The lowest BCUT2D eigenvalue weighted by atomic mass is 10.2. The molecule has 3 rings (SSSR count). The van der Waals surface area contributed by atoms with Gasteiger partial charge in [-0.1, -0.05) is 0 Å². The average Bonchev–Trinajstić information content (AvgIpc) is 3.03. The molecule has 0 saturated heterocycles. The monoisotopic (exact) mass is 240 g/mol. The molecule has 17 heavy (non-hydrogen) atoms.